The van der Waals surface area contributed by atoms with E-state index in [1.165, 1.54) is 0 Å². The van der Waals surface area contributed by atoms with E-state index in [4.69, 9.17) is 5.11 Å². The third-order valence-electron chi connectivity index (χ3n) is 2.11. The van der Waals surface area contributed by atoms with Crippen molar-refractivity contribution in [1.82, 2.24) is 4.98 Å². The van der Waals surface area contributed by atoms with Crippen LogP contribution in [0.5, 0.6) is 0 Å². The highest BCUT2D eigenvalue weighted by molar-refractivity contribution is 5.76. The molecule has 1 rings (SSSR count). The van der Waals surface area contributed by atoms with E-state index in [2.05, 4.69) is 10.3 Å². The molecule has 0 aliphatic carbocycles. The zero-order valence-electron chi connectivity index (χ0n) is 9.03. The number of aromatic nitrogens is 1. The van der Waals surface area contributed by atoms with Gasteiger partial charge in [0.2, 0.25) is 0 Å². The third kappa shape index (κ3) is 3.58. The number of aryl methyl sites for hydroxylation is 1. The van der Waals surface area contributed by atoms with Gasteiger partial charge in [-0.25, -0.2) is 9.78 Å². The molecule has 0 fully saturated rings. The molecule has 0 amide bonds. The van der Waals surface area contributed by atoms with Crippen LogP contribution in [0, 0.1) is 6.92 Å². The van der Waals surface area contributed by atoms with Crippen LogP contribution in [0.15, 0.2) is 18.3 Å². The Balaban J connectivity index is 2.65. The molecule has 0 bridgehead atoms. The minimum atomic E-state index is -0.834. The lowest BCUT2D eigenvalue weighted by Gasteiger charge is -2.13. The quantitative estimate of drug-likeness (QED) is 0.777. The number of pyridine rings is 1. The van der Waals surface area contributed by atoms with Crippen LogP contribution in [-0.2, 0) is 4.79 Å². The number of anilines is 1. The van der Waals surface area contributed by atoms with Crippen molar-refractivity contribution in [3.8, 4) is 0 Å². The molecule has 0 aromatic carbocycles. The Morgan fingerprint density at radius 2 is 2.33 bits per heavy atom. The van der Waals surface area contributed by atoms with Gasteiger partial charge in [-0.3, -0.25) is 0 Å². The van der Waals surface area contributed by atoms with Crippen LogP contribution in [-0.4, -0.2) is 22.1 Å². The lowest BCUT2D eigenvalue weighted by molar-refractivity contribution is -0.138. The number of carbonyl (C=O) groups is 1. The van der Waals surface area contributed by atoms with Crippen molar-refractivity contribution in [3.63, 3.8) is 0 Å². The largest absolute Gasteiger partial charge is 0.480 e. The summed E-state index contributed by atoms with van der Waals surface area (Å²) in [6.45, 7) is 3.90. The van der Waals surface area contributed by atoms with Crippen LogP contribution in [0.1, 0.15) is 25.3 Å². The van der Waals surface area contributed by atoms with Gasteiger partial charge in [-0.2, -0.15) is 0 Å². The molecule has 4 nitrogen and oxygen atoms in total. The molecule has 0 aliphatic rings. The van der Waals surface area contributed by atoms with Gasteiger partial charge in [0.25, 0.3) is 0 Å². The van der Waals surface area contributed by atoms with Gasteiger partial charge >= 0.3 is 5.97 Å². The predicted octanol–water partition coefficient (Wildman–Crippen LogP) is 2.06. The lowest BCUT2D eigenvalue weighted by Crippen LogP contribution is -2.29. The second kappa shape index (κ2) is 5.34. The van der Waals surface area contributed by atoms with E-state index < -0.39 is 12.0 Å². The Kier molecular flexibility index (Phi) is 4.09. The zero-order chi connectivity index (χ0) is 11.3. The number of nitrogens with zero attached hydrogens (tertiary/aromatic N) is 1. The molecule has 15 heavy (non-hydrogen) atoms. The van der Waals surface area contributed by atoms with Crippen molar-refractivity contribution in [2.45, 2.75) is 32.7 Å². The van der Waals surface area contributed by atoms with E-state index in [1.54, 1.807) is 12.3 Å². The minimum Gasteiger partial charge on any atom is -0.480 e. The summed E-state index contributed by atoms with van der Waals surface area (Å²) in [5.41, 5.74) is 1.06. The second-order valence-electron chi connectivity index (χ2n) is 3.54. The molecule has 82 valence electrons. The number of hydrogen-bond donors (Lipinski definition) is 2. The fourth-order valence-corrected chi connectivity index (χ4v) is 1.28. The average Bonchev–Trinajstić information content (AvgIpc) is 2.20. The normalized spacial score (nSPS) is 12.1. The number of carboxylic acid groups (broad SMARTS) is 1. The van der Waals surface area contributed by atoms with E-state index in [9.17, 15) is 4.79 Å². The first-order valence-corrected chi connectivity index (χ1v) is 5.05. The van der Waals surface area contributed by atoms with Crippen LogP contribution in [0.2, 0.25) is 0 Å². The summed E-state index contributed by atoms with van der Waals surface area (Å²) in [5, 5.41) is 11.8. The molecular formula is C11H16N2O2. The lowest BCUT2D eigenvalue weighted by atomic mass is 10.1. The molecule has 1 unspecified atom stereocenters. The van der Waals surface area contributed by atoms with Crippen LogP contribution in [0.25, 0.3) is 0 Å². The number of carboxylic acids is 1. The molecule has 0 aliphatic heterocycles. The summed E-state index contributed by atoms with van der Waals surface area (Å²) in [4.78, 5) is 15.0. The molecule has 1 atom stereocenters. The summed E-state index contributed by atoms with van der Waals surface area (Å²) in [6, 6.07) is 3.14. The molecule has 1 aromatic heterocycles. The van der Waals surface area contributed by atoms with E-state index in [-0.39, 0.29) is 0 Å². The maximum Gasteiger partial charge on any atom is 0.326 e. The summed E-state index contributed by atoms with van der Waals surface area (Å²) in [7, 11) is 0. The first-order valence-electron chi connectivity index (χ1n) is 5.05. The van der Waals surface area contributed by atoms with Gasteiger partial charge in [-0.05, 0) is 25.0 Å². The highest BCUT2D eigenvalue weighted by atomic mass is 16.4. The Bertz CT molecular complexity index is 322. The maximum absolute atomic E-state index is 10.9. The van der Waals surface area contributed by atoms with Gasteiger partial charge in [0.15, 0.2) is 0 Å². The Hall–Kier alpha value is -1.58. The summed E-state index contributed by atoms with van der Waals surface area (Å²) in [6.07, 6.45) is 3.15. The molecule has 0 saturated heterocycles. The first-order chi connectivity index (χ1) is 7.13. The van der Waals surface area contributed by atoms with Crippen LogP contribution in [0.3, 0.4) is 0 Å². The molecule has 0 radical (unpaired) electrons. The van der Waals surface area contributed by atoms with E-state index in [0.29, 0.717) is 12.2 Å². The minimum absolute atomic E-state index is 0.551. The smallest absolute Gasteiger partial charge is 0.326 e. The highest BCUT2D eigenvalue weighted by Crippen LogP contribution is 2.08. The maximum atomic E-state index is 10.9. The van der Waals surface area contributed by atoms with Crippen molar-refractivity contribution < 1.29 is 9.90 Å². The van der Waals surface area contributed by atoms with Gasteiger partial charge in [-0.15, -0.1) is 0 Å². The number of aliphatic carboxylic acids is 1. The summed E-state index contributed by atoms with van der Waals surface area (Å²) in [5.74, 6) is -0.222. The topological polar surface area (TPSA) is 62.2 Å². The zero-order valence-corrected chi connectivity index (χ0v) is 9.03. The summed E-state index contributed by atoms with van der Waals surface area (Å²) < 4.78 is 0. The van der Waals surface area contributed by atoms with Gasteiger partial charge in [0.05, 0.1) is 0 Å². The molecule has 1 aromatic rings. The van der Waals surface area contributed by atoms with Crippen LogP contribution in [0.4, 0.5) is 5.82 Å². The monoisotopic (exact) mass is 208 g/mol. The van der Waals surface area contributed by atoms with Crippen LogP contribution < -0.4 is 5.32 Å². The van der Waals surface area contributed by atoms with Crippen molar-refractivity contribution in [2.24, 2.45) is 0 Å². The molecule has 0 saturated carbocycles. The van der Waals surface area contributed by atoms with E-state index in [1.807, 2.05) is 19.9 Å². The number of hydrogen-bond acceptors (Lipinski definition) is 3. The highest BCUT2D eigenvalue weighted by Gasteiger charge is 2.15. The fraction of sp³-hybridized carbons (Fsp3) is 0.455. The van der Waals surface area contributed by atoms with Crippen molar-refractivity contribution in [3.05, 3.63) is 23.9 Å². The van der Waals surface area contributed by atoms with Crippen molar-refractivity contribution in [2.75, 3.05) is 5.32 Å². The van der Waals surface area contributed by atoms with Crippen molar-refractivity contribution in [1.29, 1.82) is 0 Å². The van der Waals surface area contributed by atoms with Gasteiger partial charge in [-0.1, -0.05) is 19.4 Å². The van der Waals surface area contributed by atoms with Gasteiger partial charge < -0.3 is 10.4 Å². The molecule has 0 spiro atoms. The fourth-order valence-electron chi connectivity index (χ4n) is 1.28. The number of rotatable bonds is 5. The summed E-state index contributed by atoms with van der Waals surface area (Å²) >= 11 is 0. The first kappa shape index (κ1) is 11.5. The Morgan fingerprint density at radius 3 is 2.80 bits per heavy atom. The average molecular weight is 208 g/mol. The second-order valence-corrected chi connectivity index (χ2v) is 3.54. The Morgan fingerprint density at radius 1 is 1.60 bits per heavy atom. The van der Waals surface area contributed by atoms with Gasteiger partial charge in [0.1, 0.15) is 11.9 Å². The van der Waals surface area contributed by atoms with E-state index in [0.717, 1.165) is 12.0 Å². The molecule has 1 heterocycles. The van der Waals surface area contributed by atoms with E-state index >= 15 is 0 Å². The molecule has 2 N–H and O–H groups in total. The Labute approximate surface area is 89.3 Å². The third-order valence-corrected chi connectivity index (χ3v) is 2.11. The number of nitrogens with one attached hydrogen (secondary N) is 1. The SMILES string of the molecule is CCCC(Nc1ccc(C)cn1)C(=O)O. The molecule has 4 heteroatoms. The van der Waals surface area contributed by atoms with Gasteiger partial charge in [0, 0.05) is 6.20 Å². The van der Waals surface area contributed by atoms with Crippen LogP contribution >= 0.6 is 0 Å². The standard InChI is InChI=1S/C11H16N2O2/c1-3-4-9(11(14)15)13-10-6-5-8(2)7-12-10/h5-7,9H,3-4H2,1-2H3,(H,12,13)(H,14,15). The predicted molar refractivity (Wildman–Crippen MR) is 58.9 cm³/mol. The molecular weight excluding hydrogens is 192 g/mol. The van der Waals surface area contributed by atoms with Crippen molar-refractivity contribution >= 4 is 11.8 Å².